The molecular weight excluding hydrogens is 784 g/mol. The number of aryl methyl sites for hydroxylation is 2. The normalized spacial score (nSPS) is 29.1. The van der Waals surface area contributed by atoms with Crippen molar-refractivity contribution < 1.29 is 55.3 Å². The maximum atomic E-state index is 14.9. The second kappa shape index (κ2) is 14.3. The number of hydrogen-bond acceptors (Lipinski definition) is 9. The van der Waals surface area contributed by atoms with Crippen molar-refractivity contribution in [3.8, 4) is 11.5 Å². The van der Waals surface area contributed by atoms with Gasteiger partial charge in [-0.05, 0) is 97.3 Å². The first-order valence-corrected chi connectivity index (χ1v) is 21.2. The number of nitrogens with zero attached hydrogens (tertiary/aromatic N) is 3. The Balaban J connectivity index is 1.30. The summed E-state index contributed by atoms with van der Waals surface area (Å²) in [4.78, 5) is 62.4. The lowest BCUT2D eigenvalue weighted by Crippen LogP contribution is -2.65. The van der Waals surface area contributed by atoms with E-state index >= 15 is 0 Å². The van der Waals surface area contributed by atoms with Gasteiger partial charge in [0.2, 0.25) is 21.8 Å². The van der Waals surface area contributed by atoms with Gasteiger partial charge in [-0.2, -0.15) is 13.2 Å². The van der Waals surface area contributed by atoms with Gasteiger partial charge in [0, 0.05) is 23.3 Å². The number of fused-ring (bicyclic) bond motifs is 5. The van der Waals surface area contributed by atoms with Crippen LogP contribution in [0.5, 0.6) is 11.5 Å². The van der Waals surface area contributed by atoms with E-state index in [1.54, 1.807) is 25.1 Å². The summed E-state index contributed by atoms with van der Waals surface area (Å²) in [6.07, 6.45) is -0.746. The smallest absolute Gasteiger partial charge is 0.411 e. The Morgan fingerprint density at radius 1 is 1.12 bits per heavy atom. The first kappa shape index (κ1) is 41.5. The van der Waals surface area contributed by atoms with Gasteiger partial charge in [0.1, 0.15) is 40.3 Å². The number of nitrogens with one attached hydrogen (secondary N) is 2. The number of pyridine rings is 1. The van der Waals surface area contributed by atoms with Gasteiger partial charge in [-0.1, -0.05) is 25.0 Å². The van der Waals surface area contributed by atoms with Crippen LogP contribution in [-0.2, 0) is 30.8 Å². The molecule has 58 heavy (non-hydrogen) atoms. The topological polar surface area (TPSA) is 185 Å². The number of alkyl halides is 3. The molecule has 3 N–H and O–H groups in total. The highest BCUT2D eigenvalue weighted by atomic mass is 32.2. The zero-order valence-electron chi connectivity index (χ0n) is 33.2. The minimum absolute atomic E-state index is 0.0690. The fraction of sp³-hybridized carbons (Fsp3) is 0.625. The van der Waals surface area contributed by atoms with Gasteiger partial charge in [-0.25, -0.2) is 18.2 Å². The number of methoxy groups -OCH3 is 1. The molecule has 4 heterocycles. The third kappa shape index (κ3) is 7.12. The van der Waals surface area contributed by atoms with Crippen molar-refractivity contribution in [2.45, 2.75) is 138 Å². The van der Waals surface area contributed by atoms with E-state index in [4.69, 9.17) is 14.5 Å². The van der Waals surface area contributed by atoms with Gasteiger partial charge in [0.05, 0.1) is 29.6 Å². The number of amides is 4. The molecule has 3 fully saturated rings. The molecule has 18 heteroatoms. The van der Waals surface area contributed by atoms with Crippen LogP contribution in [0.4, 0.5) is 18.0 Å². The SMILES string of the molecule is COc1ccc2nc(C)c3c(c2c1)CC[C@]1(C[C@H]2C(=O)N[C@]4(C(=O)NS(=O)(=O)C5(C)CC5)C[C@H]4/C=C\CCCCC[C@H](N(C(=O)O)C(C)(C)C(F)(F)F)C(=O)N2C1)O3. The van der Waals surface area contributed by atoms with Crippen molar-refractivity contribution in [2.24, 2.45) is 5.92 Å². The van der Waals surface area contributed by atoms with Crippen molar-refractivity contribution >= 4 is 44.7 Å². The number of halogens is 3. The molecule has 3 aliphatic heterocycles. The molecule has 2 saturated carbocycles. The molecule has 1 saturated heterocycles. The van der Waals surface area contributed by atoms with Gasteiger partial charge in [-0.15, -0.1) is 0 Å². The molecule has 0 bridgehead atoms. The molecule has 5 atom stereocenters. The van der Waals surface area contributed by atoms with Crippen LogP contribution in [0.2, 0.25) is 0 Å². The quantitative estimate of drug-likeness (QED) is 0.323. The second-order valence-corrected chi connectivity index (χ2v) is 19.5. The van der Waals surface area contributed by atoms with E-state index in [1.807, 2.05) is 12.1 Å². The third-order valence-corrected chi connectivity index (χ3v) is 15.1. The van der Waals surface area contributed by atoms with Crippen molar-refractivity contribution in [1.29, 1.82) is 0 Å². The number of carbonyl (C=O) groups excluding carboxylic acids is 3. The van der Waals surface area contributed by atoms with Gasteiger partial charge in [0.25, 0.3) is 5.91 Å². The fourth-order valence-corrected chi connectivity index (χ4v) is 10.1. The van der Waals surface area contributed by atoms with Crippen LogP contribution in [0.15, 0.2) is 30.4 Å². The zero-order chi connectivity index (χ0) is 42.2. The number of aromatic nitrogens is 1. The summed E-state index contributed by atoms with van der Waals surface area (Å²) in [7, 11) is -2.57. The lowest BCUT2D eigenvalue weighted by molar-refractivity contribution is -0.220. The molecule has 0 unspecified atom stereocenters. The third-order valence-electron chi connectivity index (χ3n) is 13.0. The van der Waals surface area contributed by atoms with E-state index in [0.717, 1.165) is 15.8 Å². The van der Waals surface area contributed by atoms with Crippen molar-refractivity contribution in [2.75, 3.05) is 13.7 Å². The summed E-state index contributed by atoms with van der Waals surface area (Å²) in [5.41, 5.74) is -3.91. The molecule has 316 valence electrons. The average Bonchev–Trinajstić information content (AvgIpc) is 4.04. The second-order valence-electron chi connectivity index (χ2n) is 17.3. The molecule has 7 rings (SSSR count). The Labute approximate surface area is 334 Å². The van der Waals surface area contributed by atoms with Gasteiger partial charge >= 0.3 is 12.3 Å². The van der Waals surface area contributed by atoms with Crippen LogP contribution >= 0.6 is 0 Å². The maximum absolute atomic E-state index is 14.9. The van der Waals surface area contributed by atoms with Crippen LogP contribution in [0, 0.1) is 12.8 Å². The predicted molar refractivity (Wildman–Crippen MR) is 205 cm³/mol. The Morgan fingerprint density at radius 3 is 2.50 bits per heavy atom. The van der Waals surface area contributed by atoms with Crippen LogP contribution < -0.4 is 19.5 Å². The number of sulfonamides is 1. The van der Waals surface area contributed by atoms with E-state index in [-0.39, 0.29) is 43.5 Å². The number of hydrogen-bond donors (Lipinski definition) is 3. The van der Waals surface area contributed by atoms with E-state index < -0.39 is 79.4 Å². The highest BCUT2D eigenvalue weighted by molar-refractivity contribution is 7.91. The molecule has 1 aromatic carbocycles. The van der Waals surface area contributed by atoms with Crippen molar-refractivity contribution in [3.05, 3.63) is 41.6 Å². The Kier molecular flexibility index (Phi) is 10.2. The molecule has 4 amide bonds. The Bertz CT molecular complexity index is 2190. The maximum Gasteiger partial charge on any atom is 0.411 e. The average molecular weight is 834 g/mol. The van der Waals surface area contributed by atoms with Gasteiger partial charge in [0.15, 0.2) is 0 Å². The minimum Gasteiger partial charge on any atom is -0.497 e. The van der Waals surface area contributed by atoms with E-state index in [9.17, 15) is 45.9 Å². The lowest BCUT2D eigenvalue weighted by Gasteiger charge is -2.43. The Hall–Kier alpha value is -4.61. The highest BCUT2D eigenvalue weighted by Gasteiger charge is 2.64. The number of rotatable bonds is 6. The lowest BCUT2D eigenvalue weighted by atomic mass is 9.87. The van der Waals surface area contributed by atoms with Crippen LogP contribution in [0.1, 0.15) is 96.2 Å². The van der Waals surface area contributed by atoms with Gasteiger partial charge in [-0.3, -0.25) is 24.0 Å². The largest absolute Gasteiger partial charge is 0.497 e. The molecule has 5 aliphatic rings. The Morgan fingerprint density at radius 2 is 1.84 bits per heavy atom. The van der Waals surface area contributed by atoms with Gasteiger partial charge < -0.3 is 24.8 Å². The number of carboxylic acid groups (broad SMARTS) is 1. The highest BCUT2D eigenvalue weighted by Crippen LogP contribution is 2.49. The van der Waals surface area contributed by atoms with E-state index in [0.29, 0.717) is 75.1 Å². The van der Waals surface area contributed by atoms with Crippen molar-refractivity contribution in [1.82, 2.24) is 24.8 Å². The van der Waals surface area contributed by atoms with Crippen LogP contribution in [0.25, 0.3) is 10.9 Å². The van der Waals surface area contributed by atoms with E-state index in [2.05, 4.69) is 10.0 Å². The molecule has 2 aliphatic carbocycles. The molecule has 2 aromatic rings. The fourth-order valence-electron chi connectivity index (χ4n) is 8.78. The van der Waals surface area contributed by atoms with Crippen LogP contribution in [0.3, 0.4) is 0 Å². The number of allylic oxidation sites excluding steroid dienone is 1. The number of benzene rings is 1. The van der Waals surface area contributed by atoms with Crippen molar-refractivity contribution in [3.63, 3.8) is 0 Å². The number of ether oxygens (including phenoxy) is 2. The zero-order valence-corrected chi connectivity index (χ0v) is 34.0. The summed E-state index contributed by atoms with van der Waals surface area (Å²) in [5.74, 6) is -2.34. The summed E-state index contributed by atoms with van der Waals surface area (Å²) >= 11 is 0. The summed E-state index contributed by atoms with van der Waals surface area (Å²) < 4.78 is 83.5. The molecular formula is C40H50F3N5O9S. The van der Waals surface area contributed by atoms with E-state index in [1.165, 1.54) is 14.0 Å². The van der Waals surface area contributed by atoms with Crippen LogP contribution in [-0.4, -0.2) is 105 Å². The molecule has 1 spiro atoms. The summed E-state index contributed by atoms with van der Waals surface area (Å²) in [6, 6.07) is 2.16. The summed E-state index contributed by atoms with van der Waals surface area (Å²) in [6.45, 7) is 4.40. The monoisotopic (exact) mass is 833 g/mol. The first-order chi connectivity index (χ1) is 27.1. The molecule has 1 aromatic heterocycles. The first-order valence-electron chi connectivity index (χ1n) is 19.7. The minimum atomic E-state index is -5.07. The molecule has 0 radical (unpaired) electrons. The predicted octanol–water partition coefficient (Wildman–Crippen LogP) is 5.30. The summed E-state index contributed by atoms with van der Waals surface area (Å²) in [5, 5.41) is 13.9. The molecule has 14 nitrogen and oxygen atoms in total. The number of carbonyl (C=O) groups is 4. The standard InChI is InChI=1S/C40H50F3N5O9S/c1-23-31-26(27-19-25(56-5)13-14-28(27)44-23)15-16-38(57-31)21-30-32(49)45-39(34(51)46-58(54,55)37(4)17-18-37)20-24(39)11-9-7-6-8-10-12-29(33(50)47(30)22-38)48(35(52)53)36(2,3)40(41,42)43/h9,11,13-14,19,24,29-30H,6-8,10,12,15-18,20-22H2,1-5H3,(H,45,49)(H,46,51)(H,52,53)/b11-9-/t24-,29+,30+,38-,39-/m1/s1.